The van der Waals surface area contributed by atoms with Crippen molar-refractivity contribution in [3.05, 3.63) is 24.0 Å². The summed E-state index contributed by atoms with van der Waals surface area (Å²) in [6, 6.07) is 1.79. The van der Waals surface area contributed by atoms with Crippen LogP contribution in [-0.4, -0.2) is 29.3 Å². The number of carboxylic acid groups (broad SMARTS) is 1. The van der Waals surface area contributed by atoms with Crippen molar-refractivity contribution in [3.8, 4) is 0 Å². The van der Waals surface area contributed by atoms with Gasteiger partial charge in [-0.1, -0.05) is 24.2 Å². The molecule has 1 N–H and O–H groups in total. The number of hydrogen-bond acceptors (Lipinski definition) is 4. The Morgan fingerprint density at radius 2 is 2.35 bits per heavy atom. The van der Waals surface area contributed by atoms with Gasteiger partial charge in [0.15, 0.2) is 5.82 Å². The van der Waals surface area contributed by atoms with Gasteiger partial charge >= 0.3 is 5.97 Å². The van der Waals surface area contributed by atoms with Gasteiger partial charge in [0, 0.05) is 19.2 Å². The molecule has 5 heteroatoms. The lowest BCUT2D eigenvalue weighted by Crippen LogP contribution is -2.33. The minimum Gasteiger partial charge on any atom is -0.481 e. The smallest absolute Gasteiger partial charge is 0.308 e. The van der Waals surface area contributed by atoms with E-state index in [1.807, 2.05) is 11.8 Å². The maximum atomic E-state index is 10.9. The molecule has 0 aromatic carbocycles. The summed E-state index contributed by atoms with van der Waals surface area (Å²) in [6.45, 7) is 10.2. The van der Waals surface area contributed by atoms with Crippen molar-refractivity contribution >= 4 is 11.8 Å². The standard InChI is InChI=1S/C12H18N2O3/c1-8(2)6-14(7-9(3)12(15)16)11-5-10(4)17-13-11/h5,9H,1,6-7H2,2-4H3,(H,15,16). The molecule has 1 atom stereocenters. The molecule has 1 aromatic heterocycles. The number of hydrogen-bond donors (Lipinski definition) is 1. The van der Waals surface area contributed by atoms with Crippen LogP contribution in [0, 0.1) is 12.8 Å². The molecule has 17 heavy (non-hydrogen) atoms. The minimum atomic E-state index is -0.822. The number of aryl methyl sites for hydroxylation is 1. The average molecular weight is 238 g/mol. The van der Waals surface area contributed by atoms with E-state index in [0.717, 1.165) is 5.57 Å². The Hall–Kier alpha value is -1.78. The maximum Gasteiger partial charge on any atom is 0.308 e. The highest BCUT2D eigenvalue weighted by Gasteiger charge is 2.18. The highest BCUT2D eigenvalue weighted by molar-refractivity contribution is 5.70. The van der Waals surface area contributed by atoms with Crippen LogP contribution < -0.4 is 4.90 Å². The van der Waals surface area contributed by atoms with Gasteiger partial charge in [-0.3, -0.25) is 4.79 Å². The van der Waals surface area contributed by atoms with Crippen molar-refractivity contribution in [1.82, 2.24) is 5.16 Å². The van der Waals surface area contributed by atoms with Gasteiger partial charge in [-0.05, 0) is 13.8 Å². The largest absolute Gasteiger partial charge is 0.481 e. The molecule has 1 unspecified atom stereocenters. The lowest BCUT2D eigenvalue weighted by atomic mass is 10.1. The summed E-state index contributed by atoms with van der Waals surface area (Å²) < 4.78 is 5.00. The zero-order chi connectivity index (χ0) is 13.0. The van der Waals surface area contributed by atoms with Crippen LogP contribution in [0.25, 0.3) is 0 Å². The average Bonchev–Trinajstić information content (AvgIpc) is 2.62. The molecule has 5 nitrogen and oxygen atoms in total. The number of nitrogens with zero attached hydrogens (tertiary/aromatic N) is 2. The Balaban J connectivity index is 2.80. The van der Waals surface area contributed by atoms with Crippen LogP contribution in [0.2, 0.25) is 0 Å². The summed E-state index contributed by atoms with van der Waals surface area (Å²) in [5.74, 6) is 0.0663. The lowest BCUT2D eigenvalue weighted by molar-refractivity contribution is -0.140. The van der Waals surface area contributed by atoms with Crippen molar-refractivity contribution in [3.63, 3.8) is 0 Å². The van der Waals surface area contributed by atoms with Crippen molar-refractivity contribution < 1.29 is 14.4 Å². The number of aromatic nitrogens is 1. The van der Waals surface area contributed by atoms with E-state index < -0.39 is 11.9 Å². The van der Waals surface area contributed by atoms with Gasteiger partial charge in [0.25, 0.3) is 0 Å². The molecule has 0 bridgehead atoms. The van der Waals surface area contributed by atoms with Crippen molar-refractivity contribution in [1.29, 1.82) is 0 Å². The Labute approximate surface area is 101 Å². The highest BCUT2D eigenvalue weighted by Crippen LogP contribution is 2.16. The van der Waals surface area contributed by atoms with E-state index in [9.17, 15) is 4.79 Å². The second kappa shape index (κ2) is 5.52. The number of anilines is 1. The van der Waals surface area contributed by atoms with Crippen LogP contribution in [0.3, 0.4) is 0 Å². The molecule has 0 aliphatic rings. The summed E-state index contributed by atoms with van der Waals surface area (Å²) in [6.07, 6.45) is 0. The Morgan fingerprint density at radius 1 is 1.71 bits per heavy atom. The van der Waals surface area contributed by atoms with Gasteiger partial charge in [0.05, 0.1) is 5.92 Å². The topological polar surface area (TPSA) is 66.6 Å². The van der Waals surface area contributed by atoms with E-state index in [0.29, 0.717) is 24.7 Å². The normalized spacial score (nSPS) is 12.2. The van der Waals surface area contributed by atoms with Gasteiger partial charge in [-0.2, -0.15) is 0 Å². The monoisotopic (exact) mass is 238 g/mol. The molecule has 94 valence electrons. The van der Waals surface area contributed by atoms with Crippen LogP contribution in [0.15, 0.2) is 22.7 Å². The minimum absolute atomic E-state index is 0.383. The first-order valence-corrected chi connectivity index (χ1v) is 5.45. The molecule has 0 spiro atoms. The van der Waals surface area contributed by atoms with Gasteiger partial charge < -0.3 is 14.5 Å². The molecule has 0 fully saturated rings. The van der Waals surface area contributed by atoms with Gasteiger partial charge in [-0.25, -0.2) is 0 Å². The molecule has 1 heterocycles. The van der Waals surface area contributed by atoms with E-state index in [2.05, 4.69) is 11.7 Å². The van der Waals surface area contributed by atoms with Crippen LogP contribution in [-0.2, 0) is 4.79 Å². The van der Waals surface area contributed by atoms with E-state index in [1.165, 1.54) is 0 Å². The van der Waals surface area contributed by atoms with E-state index in [4.69, 9.17) is 9.63 Å². The van der Waals surface area contributed by atoms with E-state index in [1.54, 1.807) is 19.9 Å². The first kappa shape index (κ1) is 13.3. The fourth-order valence-electron chi connectivity index (χ4n) is 1.48. The molecule has 0 aliphatic heterocycles. The third kappa shape index (κ3) is 3.94. The number of carbonyl (C=O) groups is 1. The summed E-state index contributed by atoms with van der Waals surface area (Å²) in [5.41, 5.74) is 0.947. The van der Waals surface area contributed by atoms with E-state index >= 15 is 0 Å². The van der Waals surface area contributed by atoms with Crippen molar-refractivity contribution in [2.75, 3.05) is 18.0 Å². The SMILES string of the molecule is C=C(C)CN(CC(C)C(=O)O)c1cc(C)on1. The first-order valence-electron chi connectivity index (χ1n) is 5.45. The molecule has 0 amide bonds. The molecule has 1 aromatic rings. The van der Waals surface area contributed by atoms with Crippen LogP contribution in [0.5, 0.6) is 0 Å². The molecular weight excluding hydrogens is 220 g/mol. The van der Waals surface area contributed by atoms with Crippen molar-refractivity contribution in [2.24, 2.45) is 5.92 Å². The maximum absolute atomic E-state index is 10.9. The fourth-order valence-corrected chi connectivity index (χ4v) is 1.48. The Morgan fingerprint density at radius 3 is 2.76 bits per heavy atom. The van der Waals surface area contributed by atoms with E-state index in [-0.39, 0.29) is 0 Å². The Bertz CT molecular complexity index is 412. The summed E-state index contributed by atoms with van der Waals surface area (Å²) in [5, 5.41) is 12.8. The summed E-state index contributed by atoms with van der Waals surface area (Å²) in [7, 11) is 0. The second-order valence-corrected chi connectivity index (χ2v) is 4.37. The van der Waals surface area contributed by atoms with Gasteiger partial charge in [-0.15, -0.1) is 0 Å². The predicted molar refractivity (Wildman–Crippen MR) is 65.1 cm³/mol. The third-order valence-electron chi connectivity index (χ3n) is 2.32. The molecular formula is C12H18N2O3. The van der Waals surface area contributed by atoms with Crippen LogP contribution in [0.4, 0.5) is 5.82 Å². The molecule has 0 saturated heterocycles. The summed E-state index contributed by atoms with van der Waals surface area (Å²) >= 11 is 0. The second-order valence-electron chi connectivity index (χ2n) is 4.37. The molecule has 0 saturated carbocycles. The number of carboxylic acids is 1. The number of aliphatic carboxylic acids is 1. The van der Waals surface area contributed by atoms with Crippen molar-refractivity contribution in [2.45, 2.75) is 20.8 Å². The van der Waals surface area contributed by atoms with Gasteiger partial charge in [0.1, 0.15) is 5.76 Å². The zero-order valence-electron chi connectivity index (χ0n) is 10.4. The number of rotatable bonds is 6. The molecule has 0 aliphatic carbocycles. The Kier molecular flexibility index (Phi) is 4.31. The summed E-state index contributed by atoms with van der Waals surface area (Å²) in [4.78, 5) is 12.7. The fraction of sp³-hybridized carbons (Fsp3) is 0.500. The predicted octanol–water partition coefficient (Wildman–Crippen LogP) is 2.09. The molecule has 1 rings (SSSR count). The first-order chi connectivity index (χ1) is 7.90. The third-order valence-corrected chi connectivity index (χ3v) is 2.32. The quantitative estimate of drug-likeness (QED) is 0.768. The lowest BCUT2D eigenvalue weighted by Gasteiger charge is -2.23. The van der Waals surface area contributed by atoms with Gasteiger partial charge in [0.2, 0.25) is 0 Å². The zero-order valence-corrected chi connectivity index (χ0v) is 10.4. The van der Waals surface area contributed by atoms with Crippen LogP contribution >= 0.6 is 0 Å². The van der Waals surface area contributed by atoms with Crippen LogP contribution in [0.1, 0.15) is 19.6 Å². The highest BCUT2D eigenvalue weighted by atomic mass is 16.5. The molecule has 0 radical (unpaired) electrons.